The number of likely N-dealkylation sites (tertiary alicyclic amines) is 3. The SMILES string of the molecule is C.CC(C)(C)OC(=O)N1CCC(c2ccc(C=O)cc2)CC1.CC(C)(C)OC(=O)N1CCC(c2ccc(C=O)cc2)CC1.CC[SiH2]CC.CI.COC(=O)c1ccc(C2CCN(C(=O)OC(C)(C)C)CC2)cc1.Cc1cc(F)cc(C(N)=O)c1N.Cc1cc(F)cc2c(=O)[nH]c(-c3ccc(C4CCNCC4)cc3)nc12.O=CO[O-].[2H]CF.[H-].[K+].[K+]. The van der Waals surface area contributed by atoms with Crippen LogP contribution in [0.25, 0.3) is 22.3 Å². The number of benzene rings is 6. The van der Waals surface area contributed by atoms with E-state index in [1.807, 2.05) is 140 Å². The first-order chi connectivity index (χ1) is 54.9. The van der Waals surface area contributed by atoms with Crippen LogP contribution in [0.4, 0.5) is 33.2 Å². The van der Waals surface area contributed by atoms with E-state index < -0.39 is 41.5 Å². The Morgan fingerprint density at radius 2 is 0.932 bits per heavy atom. The molecule has 6 aromatic carbocycles. The van der Waals surface area contributed by atoms with Crippen LogP contribution in [0.1, 0.15) is 236 Å². The maximum absolute atomic E-state index is 13.5. The van der Waals surface area contributed by atoms with Crippen LogP contribution in [-0.2, 0) is 28.6 Å². The first-order valence-electron chi connectivity index (χ1n) is 39.2. The predicted molar refractivity (Wildman–Crippen MR) is 464 cm³/mol. The number of aryl methyl sites for hydroxylation is 2. The third-order valence-electron chi connectivity index (χ3n) is 18.7. The van der Waals surface area contributed by atoms with Crippen LogP contribution < -0.4 is 130 Å². The number of carbonyl (C=O) groups excluding carboxylic acids is 8. The monoisotopic (exact) mass is 1820 g/mol. The number of rotatable bonds is 12. The number of amides is 4. The number of nitrogen functional groups attached to an aromatic ring is 1. The summed E-state index contributed by atoms with van der Waals surface area (Å²) in [6, 6.07) is 39.1. The number of alkyl halides is 2. The second-order valence-electron chi connectivity index (χ2n) is 30.7. The van der Waals surface area contributed by atoms with Crippen LogP contribution in [0.2, 0.25) is 12.1 Å². The molecule has 4 aliphatic heterocycles. The number of hydrogen-bond donors (Lipinski definition) is 4. The van der Waals surface area contributed by atoms with Crippen molar-refractivity contribution >= 4 is 97.9 Å². The van der Waals surface area contributed by atoms with Gasteiger partial charge in [-0.05, 0) is 239 Å². The molecule has 4 aliphatic rings. The van der Waals surface area contributed by atoms with E-state index in [-0.39, 0.29) is 165 Å². The number of halogens is 4. The molecule has 5 heterocycles. The summed E-state index contributed by atoms with van der Waals surface area (Å²) in [6.45, 7) is 31.0. The number of H-pyrrole nitrogens is 1. The number of piperidine rings is 4. The Morgan fingerprint density at radius 3 is 1.25 bits per heavy atom. The fourth-order valence-corrected chi connectivity index (χ4v) is 13.5. The van der Waals surface area contributed by atoms with Crippen LogP contribution in [0, 0.1) is 25.5 Å². The average Bonchev–Trinajstić information content (AvgIpc) is 0.769. The number of aldehydes is 2. The van der Waals surface area contributed by atoms with E-state index in [1.54, 1.807) is 40.7 Å². The molecule has 4 fully saturated rings. The van der Waals surface area contributed by atoms with Gasteiger partial charge in [-0.15, -0.1) is 0 Å². The number of hydrogen-bond acceptors (Lipinski definition) is 18. The Hall–Kier alpha value is -6.25. The number of methoxy groups -OCH3 is 1. The van der Waals surface area contributed by atoms with E-state index in [4.69, 9.17) is 41.8 Å². The summed E-state index contributed by atoms with van der Waals surface area (Å²) < 4.78 is 62.6. The van der Waals surface area contributed by atoms with Crippen LogP contribution in [-0.4, -0.2) is 172 Å². The van der Waals surface area contributed by atoms with E-state index in [0.717, 1.165) is 115 Å². The molecular weight excluding hydrogens is 1700 g/mol. The molecule has 11 rings (SSSR count). The molecule has 4 saturated heterocycles. The van der Waals surface area contributed by atoms with E-state index in [9.17, 15) is 51.5 Å². The molecule has 0 radical (unpaired) electrons. The van der Waals surface area contributed by atoms with Crippen LogP contribution in [0.15, 0.2) is 126 Å². The minimum atomic E-state index is -1.00. The Balaban J connectivity index is 0. The Kier molecular flexibility index (Phi) is 53.9. The normalized spacial score (nSPS) is 14.1. The molecule has 4 amide bonds. The van der Waals surface area contributed by atoms with Crippen molar-refractivity contribution in [3.8, 4) is 11.4 Å². The number of fused-ring (bicyclic) bond motifs is 1. The molecule has 0 spiro atoms. The van der Waals surface area contributed by atoms with Gasteiger partial charge in [-0.1, -0.05) is 141 Å². The number of ether oxygens (including phenoxy) is 4. The third kappa shape index (κ3) is 40.2. The van der Waals surface area contributed by atoms with Gasteiger partial charge in [0.15, 0.2) is 0 Å². The van der Waals surface area contributed by atoms with Crippen LogP contribution in [0.5, 0.6) is 0 Å². The summed E-state index contributed by atoms with van der Waals surface area (Å²) in [7, 11) is 0.810. The van der Waals surface area contributed by atoms with Gasteiger partial charge >= 0.3 is 127 Å². The molecule has 6 N–H and O–H groups in total. The number of nitrogens with two attached hydrogens (primary N) is 2. The molecule has 23 nitrogen and oxygen atoms in total. The maximum Gasteiger partial charge on any atom is 1.00 e. The maximum atomic E-state index is 13.5. The molecule has 1 aromatic heterocycles. The van der Waals surface area contributed by atoms with Crippen molar-refractivity contribution in [3.63, 3.8) is 0 Å². The van der Waals surface area contributed by atoms with E-state index >= 15 is 0 Å². The number of aromatic amines is 1. The summed E-state index contributed by atoms with van der Waals surface area (Å²) in [5.41, 5.74) is 18.6. The largest absolute Gasteiger partial charge is 1.00 e. The number of aromatic nitrogens is 2. The first-order valence-corrected chi connectivity index (χ1v) is 42.7. The Labute approximate surface area is 799 Å². The average molecular weight is 1830 g/mol. The smallest absolute Gasteiger partial charge is 1.00 e. The quantitative estimate of drug-likeness (QED) is 0.0102. The zero-order valence-electron chi connectivity index (χ0n) is 73.3. The number of esters is 1. The molecule has 0 unspecified atom stereocenters. The number of anilines is 1. The van der Waals surface area contributed by atoms with Crippen molar-refractivity contribution in [2.45, 2.75) is 201 Å². The zero-order chi connectivity index (χ0) is 86.9. The summed E-state index contributed by atoms with van der Waals surface area (Å²) in [6.07, 6.45) is 8.84. The van der Waals surface area contributed by atoms with E-state index in [0.29, 0.717) is 85.4 Å². The minimum absolute atomic E-state index is 0. The van der Waals surface area contributed by atoms with E-state index in [2.05, 4.69) is 68.7 Å². The van der Waals surface area contributed by atoms with Crippen molar-refractivity contribution in [3.05, 3.63) is 199 Å². The van der Waals surface area contributed by atoms with Crippen molar-refractivity contribution in [1.82, 2.24) is 30.0 Å². The number of nitrogens with zero attached hydrogens (tertiary/aromatic N) is 4. The summed E-state index contributed by atoms with van der Waals surface area (Å²) in [5.74, 6) is 0.445. The number of primary amides is 1. The molecule has 7 aromatic rings. The van der Waals surface area contributed by atoms with Gasteiger partial charge in [0.05, 0.1) is 37.7 Å². The summed E-state index contributed by atoms with van der Waals surface area (Å²) in [5, 5.41) is 12.1. The number of carbonyl (C=O) groups is 8. The third-order valence-corrected chi connectivity index (χ3v) is 20.1. The number of nitrogens with one attached hydrogen (secondary N) is 2. The van der Waals surface area contributed by atoms with Gasteiger partial charge in [0.2, 0.25) is 0 Å². The zero-order valence-corrected chi connectivity index (χ0v) is 81.1. The second kappa shape index (κ2) is 57.9. The van der Waals surface area contributed by atoms with Crippen molar-refractivity contribution in [2.75, 3.05) is 77.3 Å². The molecule has 30 heteroatoms. The predicted octanol–water partition coefficient (Wildman–Crippen LogP) is 11.0. The van der Waals surface area contributed by atoms with E-state index in [1.165, 1.54) is 59.7 Å². The molecule has 0 aliphatic carbocycles. The molecule has 0 atom stereocenters. The Morgan fingerprint density at radius 1 is 0.602 bits per heavy atom. The fraction of sp³-hybridized carbons (Fsp3) is 0.477. The van der Waals surface area contributed by atoms with Gasteiger partial charge in [-0.2, -0.15) is 0 Å². The van der Waals surface area contributed by atoms with Crippen LogP contribution in [0.3, 0.4) is 0 Å². The molecule has 118 heavy (non-hydrogen) atoms. The Bertz CT molecular complexity index is 4160. The van der Waals surface area contributed by atoms with Crippen molar-refractivity contribution in [1.29, 1.82) is 0 Å². The van der Waals surface area contributed by atoms with Gasteiger partial charge in [0, 0.05) is 71.2 Å². The summed E-state index contributed by atoms with van der Waals surface area (Å²) in [4.78, 5) is 118. The van der Waals surface area contributed by atoms with Gasteiger partial charge in [-0.25, -0.2) is 32.9 Å². The summed E-state index contributed by atoms with van der Waals surface area (Å²) >= 11 is 2.15. The van der Waals surface area contributed by atoms with Crippen molar-refractivity contribution in [2.24, 2.45) is 5.73 Å². The van der Waals surface area contributed by atoms with Gasteiger partial charge < -0.3 is 67.0 Å². The molecule has 0 bridgehead atoms. The van der Waals surface area contributed by atoms with Crippen LogP contribution >= 0.6 is 22.6 Å². The second-order valence-corrected chi connectivity index (χ2v) is 33.4. The first kappa shape index (κ1) is 110. The molecule has 640 valence electrons. The fourth-order valence-electron chi connectivity index (χ4n) is 12.8. The van der Waals surface area contributed by atoms with Gasteiger partial charge in [-0.3, -0.25) is 28.4 Å². The van der Waals surface area contributed by atoms with Crippen molar-refractivity contribution < 1.29 is 186 Å². The van der Waals surface area contributed by atoms with Gasteiger partial charge in [0.1, 0.15) is 46.8 Å². The standard InChI is InChI=1S/C20H20FN3O.C18H25NO4.2C17H23NO3.C8H9FN2O.C4H12Si.CH3F.CH3I.CH2O3.CH4.2K.H/c1-12-10-16(21)11-17-18(12)23-19(24-20(17)25)15-4-2-13(3-5-15)14-6-8-22-9-7-14;1-18(2,3)23-17(21)19-11-9-14(10-12-19)13-5-7-15(8-6-13)16(20)22-4;2*1-17(2,3)21-16(20)18-10-8-15(9-11-18)14-6-4-13(12-19)5-7-14;1-4-2-5(9)3-6(7(4)10)8(11)12;1-3-5-4-2;2*1-2;2-1-4-3;;;;/h2-5,10-11,14,22H,6-9H2,1H3,(H,23,24,25);5-8,14H,9-12H2,1-4H3;2*4-7,12,15H,8-11H2,1-3H3;2-3H,10H2,1H3,(H2,11,12);3-5H2,1-2H3;2*1H3;1,3H;1H4;;;/q;;;;;;;;;;2*+1;-1/p-1/i;;;;;;1D;;;;;;. The van der Waals surface area contributed by atoms with Gasteiger partial charge in [0.25, 0.3) is 17.9 Å². The molecule has 0 saturated carbocycles. The topological polar surface area (TPSA) is 325 Å². The minimum Gasteiger partial charge on any atom is -1.00 e. The molecular formula is C88H124F3IK2N8O15Si.